The maximum Gasteiger partial charge on any atom is 0.141 e. The average Bonchev–Trinajstić information content (AvgIpc) is 3.82. The Morgan fingerprint density at radius 1 is 0.518 bits per heavy atom. The molecule has 0 saturated heterocycles. The highest BCUT2D eigenvalue weighted by Crippen LogP contribution is 2.47. The van der Waals surface area contributed by atoms with Gasteiger partial charge < -0.3 is 14.4 Å². The number of Topliss-reactive ketones (excluding diaryl/α,β-unsaturated/α-hetero) is 3. The predicted octanol–water partition coefficient (Wildman–Crippen LogP) is 12.5. The van der Waals surface area contributed by atoms with E-state index in [0.717, 1.165) is 88.4 Å². The Hall–Kier alpha value is -3.00. The molecule has 3 aliphatic rings. The van der Waals surface area contributed by atoms with Crippen LogP contribution in [0.25, 0.3) is 30.6 Å². The summed E-state index contributed by atoms with van der Waals surface area (Å²) in [5.74, 6) is 1.59. The number of nitrogens with zero attached hydrogens (tertiary/aromatic N) is 6. The zero-order valence-electron chi connectivity index (χ0n) is 30.2. The van der Waals surface area contributed by atoms with E-state index in [9.17, 15) is 14.4 Å². The van der Waals surface area contributed by atoms with Gasteiger partial charge in [-0.2, -0.15) is 0 Å². The van der Waals surface area contributed by atoms with Gasteiger partial charge in [-0.1, -0.05) is 49.7 Å². The van der Waals surface area contributed by atoms with Crippen LogP contribution in [-0.2, 0) is 33.6 Å². The van der Waals surface area contributed by atoms with E-state index in [1.807, 2.05) is 0 Å². The van der Waals surface area contributed by atoms with Crippen molar-refractivity contribution in [3.05, 3.63) is 65.8 Å². The summed E-state index contributed by atoms with van der Waals surface area (Å²) in [7, 11) is 0. The quantitative estimate of drug-likeness (QED) is 0.150. The minimum Gasteiger partial charge on any atom is -0.300 e. The van der Waals surface area contributed by atoms with Gasteiger partial charge >= 0.3 is 0 Å². The normalized spacial score (nSPS) is 18.2. The number of carbonyl (C=O) groups is 3. The van der Waals surface area contributed by atoms with E-state index in [4.69, 9.17) is 34.8 Å². The Labute approximate surface area is 355 Å². The van der Waals surface area contributed by atoms with Gasteiger partial charge in [0.1, 0.15) is 66.3 Å². The molecule has 15 heteroatoms. The van der Waals surface area contributed by atoms with Gasteiger partial charge in [0.15, 0.2) is 0 Å². The number of halogens is 3. The van der Waals surface area contributed by atoms with Crippen LogP contribution in [0, 0.1) is 0 Å². The second-order valence-electron chi connectivity index (χ2n) is 14.3. The average molecular weight is 874 g/mol. The molecule has 9 nitrogen and oxygen atoms in total. The number of hydrogen-bond acceptors (Lipinski definition) is 12. The lowest BCUT2D eigenvalue weighted by atomic mass is 9.83. The molecule has 0 amide bonds. The molecule has 6 heterocycles. The van der Waals surface area contributed by atoms with E-state index >= 15 is 0 Å². The minimum atomic E-state index is 0. The first kappa shape index (κ1) is 44.1. The van der Waals surface area contributed by atoms with Crippen molar-refractivity contribution in [1.29, 1.82) is 0 Å². The molecular formula is C41H47Cl3N6O3S3. The van der Waals surface area contributed by atoms with E-state index < -0.39 is 0 Å². The van der Waals surface area contributed by atoms with E-state index in [0.29, 0.717) is 52.5 Å². The first-order valence-corrected chi connectivity index (χ1v) is 21.8. The lowest BCUT2D eigenvalue weighted by Gasteiger charge is -2.22. The zero-order valence-corrected chi connectivity index (χ0v) is 34.9. The summed E-state index contributed by atoms with van der Waals surface area (Å²) in [4.78, 5) is 66.2. The predicted molar refractivity (Wildman–Crippen MR) is 234 cm³/mol. The summed E-state index contributed by atoms with van der Waals surface area (Å²) in [6.07, 6.45) is 16.1. The van der Waals surface area contributed by atoms with Gasteiger partial charge in [-0.3, -0.25) is 0 Å². The van der Waals surface area contributed by atoms with Crippen LogP contribution in [0.4, 0.5) is 0 Å². The molecule has 6 aromatic heterocycles. The minimum absolute atomic E-state index is 0. The van der Waals surface area contributed by atoms with E-state index in [1.54, 1.807) is 54.8 Å². The highest BCUT2D eigenvalue weighted by Gasteiger charge is 2.30. The van der Waals surface area contributed by atoms with Gasteiger partial charge in [0.05, 0.1) is 16.2 Å². The van der Waals surface area contributed by atoms with Crippen molar-refractivity contribution < 1.29 is 14.4 Å². The second-order valence-corrected chi connectivity index (χ2v) is 18.7. The number of carbonyl (C=O) groups excluding carboxylic acids is 3. The lowest BCUT2D eigenvalue weighted by Crippen LogP contribution is -2.11. The zero-order chi connectivity index (χ0) is 38.1. The number of aryl methyl sites for hydroxylation is 3. The van der Waals surface area contributed by atoms with Crippen LogP contribution in [0.1, 0.15) is 142 Å². The molecule has 0 fully saturated rings. The number of rotatable bonds is 6. The molecule has 1 unspecified atom stereocenters. The molecule has 0 saturated carbocycles. The van der Waals surface area contributed by atoms with Gasteiger partial charge in [-0.25, -0.2) is 29.9 Å². The Bertz CT molecular complexity index is 2130. The van der Waals surface area contributed by atoms with Crippen molar-refractivity contribution in [2.45, 2.75) is 130 Å². The molecule has 9 rings (SSSR count). The fraction of sp³-hybridized carbons (Fsp3) is 0.488. The van der Waals surface area contributed by atoms with Gasteiger partial charge in [0.25, 0.3) is 0 Å². The largest absolute Gasteiger partial charge is 0.300 e. The molecule has 3 aliphatic carbocycles. The van der Waals surface area contributed by atoms with Crippen LogP contribution in [0.5, 0.6) is 0 Å². The van der Waals surface area contributed by atoms with Crippen LogP contribution in [-0.4, -0.2) is 47.3 Å². The lowest BCUT2D eigenvalue weighted by molar-refractivity contribution is -0.118. The van der Waals surface area contributed by atoms with Crippen LogP contribution in [0.3, 0.4) is 0 Å². The van der Waals surface area contributed by atoms with Crippen molar-refractivity contribution >= 4 is 117 Å². The summed E-state index contributed by atoms with van der Waals surface area (Å²) >= 11 is 23.7. The van der Waals surface area contributed by atoms with E-state index in [1.165, 1.54) is 50.3 Å². The van der Waals surface area contributed by atoms with Gasteiger partial charge in [-0.15, -0.1) is 34.0 Å². The third-order valence-electron chi connectivity index (χ3n) is 10.4. The van der Waals surface area contributed by atoms with Crippen molar-refractivity contribution in [2.75, 3.05) is 0 Å². The van der Waals surface area contributed by atoms with E-state index in [-0.39, 0.29) is 32.2 Å². The van der Waals surface area contributed by atoms with Crippen molar-refractivity contribution in [2.24, 2.45) is 0 Å². The Kier molecular flexibility index (Phi) is 15.1. The number of aromatic nitrogens is 6. The summed E-state index contributed by atoms with van der Waals surface area (Å²) in [5, 5.41) is 4.49. The maximum absolute atomic E-state index is 11.4. The summed E-state index contributed by atoms with van der Waals surface area (Å²) in [6, 6.07) is 0. The monoisotopic (exact) mass is 872 g/mol. The van der Waals surface area contributed by atoms with Gasteiger partial charge in [0, 0.05) is 33.9 Å². The Morgan fingerprint density at radius 2 is 0.786 bits per heavy atom. The first-order valence-electron chi connectivity index (χ1n) is 18.2. The third-order valence-corrected chi connectivity index (χ3v) is 14.7. The van der Waals surface area contributed by atoms with Gasteiger partial charge in [0.2, 0.25) is 0 Å². The molecule has 0 spiro atoms. The number of ketones is 3. The molecule has 6 aromatic rings. The highest BCUT2D eigenvalue weighted by molar-refractivity contribution is 7.19. The molecular weight excluding hydrogens is 827 g/mol. The topological polar surface area (TPSA) is 129 Å². The standard InChI is InChI=1S/3C13H13ClN2OS.2CH4/c3*1-7(17)5-8-3-2-4-9-10(8)11-12(14)15-6-16-13(11)18-9;;/h3*6,8H,2-5H2,1H3;2*1H4/t2*8-;;;/m10.../s1. The fourth-order valence-corrected chi connectivity index (χ4v) is 13.0. The smallest absolute Gasteiger partial charge is 0.141 e. The van der Waals surface area contributed by atoms with Crippen LogP contribution < -0.4 is 0 Å². The summed E-state index contributed by atoms with van der Waals surface area (Å²) in [5.41, 5.74) is 3.71. The Morgan fingerprint density at radius 3 is 1.04 bits per heavy atom. The van der Waals surface area contributed by atoms with Crippen LogP contribution >= 0.6 is 68.8 Å². The van der Waals surface area contributed by atoms with Crippen molar-refractivity contribution in [3.8, 4) is 0 Å². The SMILES string of the molecule is C.C.CC(=O)CC1CCCc2sc3ncnc(Cl)c3c21.CC(=O)C[C@@H]1CCCc2sc3ncnc(Cl)c3c21.CC(=O)C[C@H]1CCCc2sc3ncnc(Cl)c3c21. The molecule has 298 valence electrons. The molecule has 0 aliphatic heterocycles. The molecule has 0 bridgehead atoms. The molecule has 0 radical (unpaired) electrons. The van der Waals surface area contributed by atoms with E-state index in [2.05, 4.69) is 29.9 Å². The highest BCUT2D eigenvalue weighted by atomic mass is 35.5. The summed E-state index contributed by atoms with van der Waals surface area (Å²) < 4.78 is 0. The van der Waals surface area contributed by atoms with Gasteiger partial charge in [-0.05, 0) is 113 Å². The number of thiophene rings is 3. The Balaban J connectivity index is 0.000000158. The number of hydrogen-bond donors (Lipinski definition) is 0. The maximum atomic E-state index is 11.4. The number of fused-ring (bicyclic) bond motifs is 9. The van der Waals surface area contributed by atoms with Crippen LogP contribution in [0.2, 0.25) is 15.5 Å². The third kappa shape index (κ3) is 9.31. The molecule has 0 N–H and O–H groups in total. The first-order chi connectivity index (χ1) is 26.0. The van der Waals surface area contributed by atoms with Crippen LogP contribution in [0.15, 0.2) is 19.0 Å². The van der Waals surface area contributed by atoms with Crippen molar-refractivity contribution in [3.63, 3.8) is 0 Å². The molecule has 56 heavy (non-hydrogen) atoms. The van der Waals surface area contributed by atoms with Crippen molar-refractivity contribution in [1.82, 2.24) is 29.9 Å². The second kappa shape index (κ2) is 19.2. The molecule has 0 aromatic carbocycles. The molecule has 3 atom stereocenters. The summed E-state index contributed by atoms with van der Waals surface area (Å²) in [6.45, 7) is 4.96. The fourth-order valence-electron chi connectivity index (χ4n) is 8.36.